The van der Waals surface area contributed by atoms with Crippen LogP contribution in [0.5, 0.6) is 0 Å². The predicted octanol–water partition coefficient (Wildman–Crippen LogP) is 2.75. The molecule has 2 aromatic carbocycles. The Bertz CT molecular complexity index is 692. The first-order valence-electron chi connectivity index (χ1n) is 5.89. The summed E-state index contributed by atoms with van der Waals surface area (Å²) in [5.41, 5.74) is 1.74. The first-order valence-corrected chi connectivity index (χ1v) is 7.38. The first-order chi connectivity index (χ1) is 9.40. The van der Waals surface area contributed by atoms with Gasteiger partial charge < -0.3 is 0 Å². The van der Waals surface area contributed by atoms with E-state index in [9.17, 15) is 17.2 Å². The van der Waals surface area contributed by atoms with Crippen molar-refractivity contribution in [3.05, 3.63) is 65.2 Å². The Labute approximate surface area is 116 Å². The molecule has 0 bridgehead atoms. The van der Waals surface area contributed by atoms with E-state index in [-0.39, 0.29) is 6.54 Å². The number of rotatable bonds is 4. The molecule has 0 saturated heterocycles. The maximum absolute atomic E-state index is 13.5. The van der Waals surface area contributed by atoms with E-state index in [0.29, 0.717) is 5.56 Å². The van der Waals surface area contributed by atoms with Gasteiger partial charge >= 0.3 is 0 Å². The minimum absolute atomic E-state index is 0.0314. The van der Waals surface area contributed by atoms with Crippen LogP contribution < -0.4 is 4.72 Å². The maximum atomic E-state index is 13.5. The number of sulfonamides is 1. The zero-order chi connectivity index (χ0) is 14.8. The summed E-state index contributed by atoms with van der Waals surface area (Å²) in [4.78, 5) is -0.952. The third kappa shape index (κ3) is 3.20. The molecule has 106 valence electrons. The van der Waals surface area contributed by atoms with Crippen molar-refractivity contribution in [1.82, 2.24) is 4.72 Å². The fraction of sp³-hybridized carbons (Fsp3) is 0.143. The topological polar surface area (TPSA) is 46.2 Å². The molecule has 0 radical (unpaired) electrons. The third-order valence-corrected chi connectivity index (χ3v) is 4.23. The van der Waals surface area contributed by atoms with Gasteiger partial charge in [0.1, 0.15) is 11.6 Å². The fourth-order valence-corrected chi connectivity index (χ4v) is 2.85. The zero-order valence-electron chi connectivity index (χ0n) is 10.7. The Morgan fingerprint density at radius 3 is 2.10 bits per heavy atom. The van der Waals surface area contributed by atoms with Crippen molar-refractivity contribution in [2.24, 2.45) is 0 Å². The number of benzene rings is 2. The lowest BCUT2D eigenvalue weighted by atomic mass is 10.2. The highest BCUT2D eigenvalue weighted by Crippen LogP contribution is 2.18. The van der Waals surface area contributed by atoms with E-state index in [4.69, 9.17) is 0 Å². The largest absolute Gasteiger partial charge is 0.246 e. The second kappa shape index (κ2) is 5.68. The summed E-state index contributed by atoms with van der Waals surface area (Å²) in [5.74, 6) is -2.22. The second-order valence-electron chi connectivity index (χ2n) is 4.36. The molecule has 3 nitrogen and oxygen atoms in total. The summed E-state index contributed by atoms with van der Waals surface area (Å²) < 4.78 is 53.0. The molecule has 0 heterocycles. The van der Waals surface area contributed by atoms with E-state index in [1.807, 2.05) is 19.1 Å². The Morgan fingerprint density at radius 2 is 1.55 bits per heavy atom. The van der Waals surface area contributed by atoms with Crippen LogP contribution in [0.1, 0.15) is 11.1 Å². The van der Waals surface area contributed by atoms with Gasteiger partial charge in [0.25, 0.3) is 0 Å². The summed E-state index contributed by atoms with van der Waals surface area (Å²) in [6, 6.07) is 10.1. The quantitative estimate of drug-likeness (QED) is 0.943. The Morgan fingerprint density at radius 1 is 1.00 bits per heavy atom. The van der Waals surface area contributed by atoms with Gasteiger partial charge in [-0.3, -0.25) is 0 Å². The van der Waals surface area contributed by atoms with Crippen LogP contribution in [0.15, 0.2) is 47.4 Å². The molecule has 2 rings (SSSR count). The number of aryl methyl sites for hydroxylation is 1. The lowest BCUT2D eigenvalue weighted by Gasteiger charge is -2.08. The smallest absolute Gasteiger partial charge is 0.207 e. The average molecular weight is 297 g/mol. The molecule has 0 spiro atoms. The zero-order valence-corrected chi connectivity index (χ0v) is 11.5. The van der Waals surface area contributed by atoms with Gasteiger partial charge in [-0.2, -0.15) is 0 Å². The van der Waals surface area contributed by atoms with Crippen LogP contribution >= 0.6 is 0 Å². The van der Waals surface area contributed by atoms with Crippen molar-refractivity contribution in [1.29, 1.82) is 0 Å². The highest BCUT2D eigenvalue weighted by atomic mass is 32.2. The van der Waals surface area contributed by atoms with Crippen LogP contribution in [0.25, 0.3) is 0 Å². The van der Waals surface area contributed by atoms with Crippen molar-refractivity contribution in [3.63, 3.8) is 0 Å². The van der Waals surface area contributed by atoms with Gasteiger partial charge in [-0.15, -0.1) is 0 Å². The summed E-state index contributed by atoms with van der Waals surface area (Å²) in [7, 11) is -4.23. The molecule has 0 aliphatic carbocycles. The molecule has 0 fully saturated rings. The molecule has 6 heteroatoms. The van der Waals surface area contributed by atoms with Gasteiger partial charge in [0.15, 0.2) is 4.90 Å². The van der Waals surface area contributed by atoms with Crippen molar-refractivity contribution in [2.75, 3.05) is 0 Å². The molecule has 0 unspecified atom stereocenters. The molecule has 1 N–H and O–H groups in total. The summed E-state index contributed by atoms with van der Waals surface area (Å²) >= 11 is 0. The predicted molar refractivity (Wildman–Crippen MR) is 71.6 cm³/mol. The SMILES string of the molecule is Cc1ccc(CNS(=O)(=O)c2c(F)cccc2F)cc1. The van der Waals surface area contributed by atoms with Gasteiger partial charge in [0, 0.05) is 6.54 Å². The molecular formula is C14H13F2NO2S. The van der Waals surface area contributed by atoms with Crippen molar-refractivity contribution in [3.8, 4) is 0 Å². The average Bonchev–Trinajstić information content (AvgIpc) is 2.37. The number of hydrogen-bond acceptors (Lipinski definition) is 2. The number of halogens is 2. The standard InChI is InChI=1S/C14H13F2NO2S/c1-10-5-7-11(8-6-10)9-17-20(18,19)14-12(15)3-2-4-13(14)16/h2-8,17H,9H2,1H3. The molecule has 0 aromatic heterocycles. The highest BCUT2D eigenvalue weighted by Gasteiger charge is 2.23. The molecule has 20 heavy (non-hydrogen) atoms. The van der Waals surface area contributed by atoms with Gasteiger partial charge in [0.05, 0.1) is 0 Å². The molecule has 0 saturated carbocycles. The maximum Gasteiger partial charge on any atom is 0.246 e. The van der Waals surface area contributed by atoms with Crippen LogP contribution in [-0.4, -0.2) is 8.42 Å². The third-order valence-electron chi connectivity index (χ3n) is 2.77. The van der Waals surface area contributed by atoms with Crippen LogP contribution in [0.4, 0.5) is 8.78 Å². The summed E-state index contributed by atoms with van der Waals surface area (Å²) in [5, 5.41) is 0. The second-order valence-corrected chi connectivity index (χ2v) is 6.06. The number of nitrogens with one attached hydrogen (secondary N) is 1. The molecular weight excluding hydrogens is 284 g/mol. The van der Waals surface area contributed by atoms with E-state index >= 15 is 0 Å². The minimum Gasteiger partial charge on any atom is -0.207 e. The van der Waals surface area contributed by atoms with E-state index < -0.39 is 26.6 Å². The van der Waals surface area contributed by atoms with Crippen molar-refractivity contribution < 1.29 is 17.2 Å². The fourth-order valence-electron chi connectivity index (χ4n) is 1.70. The number of hydrogen-bond donors (Lipinski definition) is 1. The van der Waals surface area contributed by atoms with Crippen LogP contribution in [-0.2, 0) is 16.6 Å². The normalized spacial score (nSPS) is 11.6. The van der Waals surface area contributed by atoms with Crippen LogP contribution in [0, 0.1) is 18.6 Å². The highest BCUT2D eigenvalue weighted by molar-refractivity contribution is 7.89. The van der Waals surface area contributed by atoms with Crippen molar-refractivity contribution in [2.45, 2.75) is 18.4 Å². The first kappa shape index (κ1) is 14.6. The molecule has 2 aromatic rings. The monoisotopic (exact) mass is 297 g/mol. The molecule has 0 atom stereocenters. The van der Waals surface area contributed by atoms with E-state index in [2.05, 4.69) is 4.72 Å². The van der Waals surface area contributed by atoms with E-state index in [1.165, 1.54) is 0 Å². The van der Waals surface area contributed by atoms with E-state index in [1.54, 1.807) is 12.1 Å². The molecule has 0 amide bonds. The van der Waals surface area contributed by atoms with Crippen LogP contribution in [0.3, 0.4) is 0 Å². The molecule has 0 aliphatic heterocycles. The van der Waals surface area contributed by atoms with E-state index in [0.717, 1.165) is 23.8 Å². The minimum atomic E-state index is -4.23. The van der Waals surface area contributed by atoms with Crippen molar-refractivity contribution >= 4 is 10.0 Å². The van der Waals surface area contributed by atoms with Gasteiger partial charge in [0.2, 0.25) is 10.0 Å². The lowest BCUT2D eigenvalue weighted by molar-refractivity contribution is 0.514. The Kier molecular flexibility index (Phi) is 4.15. The summed E-state index contributed by atoms with van der Waals surface area (Å²) in [6.45, 7) is 1.87. The Hall–Kier alpha value is -1.79. The van der Waals surface area contributed by atoms with Gasteiger partial charge in [-0.1, -0.05) is 35.9 Å². The van der Waals surface area contributed by atoms with Gasteiger partial charge in [-0.05, 0) is 24.6 Å². The van der Waals surface area contributed by atoms with Gasteiger partial charge in [-0.25, -0.2) is 21.9 Å². The Balaban J connectivity index is 2.22. The lowest BCUT2D eigenvalue weighted by Crippen LogP contribution is -2.25. The van der Waals surface area contributed by atoms with Crippen LogP contribution in [0.2, 0.25) is 0 Å². The molecule has 0 aliphatic rings. The summed E-state index contributed by atoms with van der Waals surface area (Å²) in [6.07, 6.45) is 0.